The van der Waals surface area contributed by atoms with Crippen LogP contribution in [-0.4, -0.2) is 41.1 Å². The molecular weight excluding hydrogens is 504 g/mol. The van der Waals surface area contributed by atoms with Crippen molar-refractivity contribution in [2.45, 2.75) is 12.2 Å². The average Bonchev–Trinajstić information content (AvgIpc) is 2.82. The highest BCUT2D eigenvalue weighted by molar-refractivity contribution is 6.34. The second-order valence-corrected chi connectivity index (χ2v) is 7.76. The van der Waals surface area contributed by atoms with Gasteiger partial charge in [-0.3, -0.25) is 4.79 Å². The van der Waals surface area contributed by atoms with E-state index in [1.165, 1.54) is 54.6 Å². The van der Waals surface area contributed by atoms with E-state index < -0.39 is 41.8 Å². The first-order chi connectivity index (χ1) is 16.7. The number of amides is 1. The van der Waals surface area contributed by atoms with Crippen molar-refractivity contribution in [2.24, 2.45) is 0 Å². The third kappa shape index (κ3) is 6.56. The Morgan fingerprint density at radius 3 is 1.66 bits per heavy atom. The van der Waals surface area contributed by atoms with Crippen LogP contribution in [0.4, 0.5) is 10.1 Å². The Bertz CT molecular complexity index is 1270. The number of carboxylic acid groups (broad SMARTS) is 1. The second kappa shape index (κ2) is 11.5. The fraction of sp³-hybridized carbons (Fsp3) is 0.0833. The minimum atomic E-state index is -2.27. The van der Waals surface area contributed by atoms with Crippen molar-refractivity contribution >= 4 is 52.7 Å². The van der Waals surface area contributed by atoms with E-state index in [0.717, 1.165) is 12.1 Å². The Morgan fingerprint density at radius 2 is 1.20 bits per heavy atom. The molecule has 0 saturated carbocycles. The van der Waals surface area contributed by atoms with Crippen molar-refractivity contribution in [1.29, 1.82) is 0 Å². The number of carbonyl (C=O) groups is 4. The van der Waals surface area contributed by atoms with Gasteiger partial charge in [-0.2, -0.15) is 0 Å². The van der Waals surface area contributed by atoms with Crippen LogP contribution in [0.2, 0.25) is 10.0 Å². The van der Waals surface area contributed by atoms with E-state index in [9.17, 15) is 28.7 Å². The summed E-state index contributed by atoms with van der Waals surface area (Å²) in [6, 6.07) is 15.9. The van der Waals surface area contributed by atoms with Gasteiger partial charge in [0.25, 0.3) is 5.91 Å². The Balaban J connectivity index is 1.93. The monoisotopic (exact) mass is 519 g/mol. The van der Waals surface area contributed by atoms with Crippen LogP contribution in [0.25, 0.3) is 0 Å². The van der Waals surface area contributed by atoms with Crippen LogP contribution in [0.15, 0.2) is 72.8 Å². The first-order valence-electron chi connectivity index (χ1n) is 9.87. The number of carbonyl (C=O) groups excluding carboxylic acids is 3. The molecule has 0 aliphatic carbocycles. The number of esters is 2. The molecule has 2 atom stereocenters. The van der Waals surface area contributed by atoms with Crippen molar-refractivity contribution < 1.29 is 38.1 Å². The summed E-state index contributed by atoms with van der Waals surface area (Å²) in [5.74, 6) is -5.83. The summed E-state index contributed by atoms with van der Waals surface area (Å²) in [5.41, 5.74) is -0.261. The number of aliphatic carboxylic acids is 1. The predicted octanol–water partition coefficient (Wildman–Crippen LogP) is 4.61. The van der Waals surface area contributed by atoms with Crippen molar-refractivity contribution in [3.8, 4) is 0 Å². The van der Waals surface area contributed by atoms with Gasteiger partial charge in [-0.1, -0.05) is 47.5 Å². The number of hydrogen-bond donors (Lipinski definition) is 2. The molecule has 0 radical (unpaired) electrons. The highest BCUT2D eigenvalue weighted by Crippen LogP contribution is 2.21. The molecule has 0 aromatic heterocycles. The quantitative estimate of drug-likeness (QED) is 0.417. The maximum atomic E-state index is 13.2. The Labute approximate surface area is 208 Å². The normalized spacial score (nSPS) is 12.2. The molecule has 0 heterocycles. The van der Waals surface area contributed by atoms with Gasteiger partial charge in [-0.05, 0) is 48.5 Å². The Kier molecular flexibility index (Phi) is 8.40. The SMILES string of the molecule is O=C(O[C@@H](C(=O)O)[C@@H](OC(=O)c1ccccc1Cl)C(=O)Nc1ccc(F)cc1)c1ccccc1Cl. The minimum absolute atomic E-state index is 0.0184. The van der Waals surface area contributed by atoms with E-state index in [1.807, 2.05) is 0 Å². The van der Waals surface area contributed by atoms with Crippen molar-refractivity contribution in [3.05, 3.63) is 99.8 Å². The molecule has 2 N–H and O–H groups in total. The number of carboxylic acids is 1. The van der Waals surface area contributed by atoms with Crippen LogP contribution in [0.3, 0.4) is 0 Å². The third-order valence-electron chi connectivity index (χ3n) is 4.54. The summed E-state index contributed by atoms with van der Waals surface area (Å²) in [6.07, 6.45) is -4.43. The van der Waals surface area contributed by atoms with Gasteiger partial charge in [0.2, 0.25) is 12.2 Å². The molecule has 3 aromatic rings. The number of rotatable bonds is 8. The zero-order valence-electron chi connectivity index (χ0n) is 17.6. The number of nitrogens with one attached hydrogen (secondary N) is 1. The molecule has 0 fully saturated rings. The van der Waals surface area contributed by atoms with Crippen LogP contribution in [0, 0.1) is 5.82 Å². The van der Waals surface area contributed by atoms with Gasteiger partial charge < -0.3 is 19.9 Å². The maximum Gasteiger partial charge on any atom is 0.349 e. The van der Waals surface area contributed by atoms with Gasteiger partial charge in [-0.15, -0.1) is 0 Å². The van der Waals surface area contributed by atoms with Crippen LogP contribution < -0.4 is 5.32 Å². The summed E-state index contributed by atoms with van der Waals surface area (Å²) < 4.78 is 23.4. The van der Waals surface area contributed by atoms with Gasteiger partial charge in [0, 0.05) is 5.69 Å². The third-order valence-corrected chi connectivity index (χ3v) is 5.20. The minimum Gasteiger partial charge on any atom is -0.478 e. The van der Waals surface area contributed by atoms with Crippen LogP contribution in [-0.2, 0) is 19.1 Å². The van der Waals surface area contributed by atoms with Crippen LogP contribution in [0.1, 0.15) is 20.7 Å². The predicted molar refractivity (Wildman–Crippen MR) is 124 cm³/mol. The standard InChI is InChI=1S/C24H16Cl2FNO7/c25-17-7-3-1-5-15(17)23(32)34-19(21(29)28-14-11-9-13(27)10-12-14)20(22(30)31)35-24(33)16-6-2-4-8-18(16)26/h1-12,19-20H,(H,28,29)(H,30,31)/t19-,20-/m1/s1. The summed E-state index contributed by atoms with van der Waals surface area (Å²) in [5, 5.41) is 12.0. The summed E-state index contributed by atoms with van der Waals surface area (Å²) in [7, 11) is 0. The maximum absolute atomic E-state index is 13.2. The zero-order chi connectivity index (χ0) is 25.5. The molecule has 0 unspecified atom stereocenters. The molecule has 0 aliphatic heterocycles. The molecular formula is C24H16Cl2FNO7. The smallest absolute Gasteiger partial charge is 0.349 e. The van der Waals surface area contributed by atoms with E-state index in [1.54, 1.807) is 6.07 Å². The zero-order valence-corrected chi connectivity index (χ0v) is 19.1. The van der Waals surface area contributed by atoms with E-state index in [2.05, 4.69) is 5.32 Å². The molecule has 0 bridgehead atoms. The van der Waals surface area contributed by atoms with Gasteiger partial charge >= 0.3 is 17.9 Å². The molecule has 8 nitrogen and oxygen atoms in total. The molecule has 1 amide bonds. The fourth-order valence-corrected chi connectivity index (χ4v) is 3.28. The van der Waals surface area contributed by atoms with Crippen molar-refractivity contribution in [3.63, 3.8) is 0 Å². The average molecular weight is 520 g/mol. The lowest BCUT2D eigenvalue weighted by molar-refractivity contribution is -0.157. The second-order valence-electron chi connectivity index (χ2n) is 6.95. The highest BCUT2D eigenvalue weighted by atomic mass is 35.5. The van der Waals surface area contributed by atoms with Crippen molar-refractivity contribution in [2.75, 3.05) is 5.32 Å². The largest absolute Gasteiger partial charge is 0.478 e. The Morgan fingerprint density at radius 1 is 0.743 bits per heavy atom. The first kappa shape index (κ1) is 25.7. The summed E-state index contributed by atoms with van der Waals surface area (Å²) in [4.78, 5) is 50.3. The van der Waals surface area contributed by atoms with Gasteiger partial charge in [0.1, 0.15) is 5.82 Å². The fourth-order valence-electron chi connectivity index (χ4n) is 2.85. The number of benzene rings is 3. The lowest BCUT2D eigenvalue weighted by atomic mass is 10.1. The molecule has 11 heteroatoms. The lowest BCUT2D eigenvalue weighted by Crippen LogP contribution is -2.48. The van der Waals surface area contributed by atoms with E-state index in [-0.39, 0.29) is 26.9 Å². The molecule has 0 spiro atoms. The van der Waals surface area contributed by atoms with E-state index in [4.69, 9.17) is 32.7 Å². The van der Waals surface area contributed by atoms with Gasteiger partial charge in [-0.25, -0.2) is 18.8 Å². The van der Waals surface area contributed by atoms with Crippen LogP contribution in [0.5, 0.6) is 0 Å². The first-order valence-corrected chi connectivity index (χ1v) is 10.6. The topological polar surface area (TPSA) is 119 Å². The number of ether oxygens (including phenoxy) is 2. The number of halogens is 3. The number of hydrogen-bond acceptors (Lipinski definition) is 6. The van der Waals surface area contributed by atoms with Crippen LogP contribution >= 0.6 is 23.2 Å². The molecule has 180 valence electrons. The summed E-state index contributed by atoms with van der Waals surface area (Å²) >= 11 is 12.0. The summed E-state index contributed by atoms with van der Waals surface area (Å²) in [6.45, 7) is 0. The van der Waals surface area contributed by atoms with Gasteiger partial charge in [0.05, 0.1) is 21.2 Å². The number of anilines is 1. The molecule has 0 saturated heterocycles. The van der Waals surface area contributed by atoms with E-state index in [0.29, 0.717) is 0 Å². The highest BCUT2D eigenvalue weighted by Gasteiger charge is 2.41. The van der Waals surface area contributed by atoms with E-state index >= 15 is 0 Å². The lowest BCUT2D eigenvalue weighted by Gasteiger charge is -2.24. The van der Waals surface area contributed by atoms with Gasteiger partial charge in [0.15, 0.2) is 0 Å². The Hall–Kier alpha value is -3.95. The molecule has 35 heavy (non-hydrogen) atoms. The molecule has 3 aromatic carbocycles. The molecule has 0 aliphatic rings. The molecule has 3 rings (SSSR count). The van der Waals surface area contributed by atoms with Crippen molar-refractivity contribution in [1.82, 2.24) is 0 Å².